The summed E-state index contributed by atoms with van der Waals surface area (Å²) in [6, 6.07) is 16.0. The predicted molar refractivity (Wildman–Crippen MR) is 113 cm³/mol. The third kappa shape index (κ3) is 3.93. The van der Waals surface area contributed by atoms with E-state index in [0.717, 1.165) is 12.0 Å². The Balaban J connectivity index is 1.63. The van der Waals surface area contributed by atoms with Crippen LogP contribution in [-0.4, -0.2) is 42.6 Å². The fraction of sp³-hybridized carbons (Fsp3) is 0.458. The van der Waals surface area contributed by atoms with Crippen molar-refractivity contribution in [3.05, 3.63) is 65.2 Å². The van der Waals surface area contributed by atoms with Gasteiger partial charge in [-0.3, -0.25) is 4.79 Å². The summed E-state index contributed by atoms with van der Waals surface area (Å²) in [6.07, 6.45) is 0.829. The molecule has 0 aromatic heterocycles. The lowest BCUT2D eigenvalue weighted by molar-refractivity contribution is -0.123. The summed E-state index contributed by atoms with van der Waals surface area (Å²) in [5.74, 6) is 0.798. The van der Waals surface area contributed by atoms with Gasteiger partial charge in [0.05, 0.1) is 5.92 Å². The van der Waals surface area contributed by atoms with Crippen molar-refractivity contribution in [3.8, 4) is 5.75 Å². The lowest BCUT2D eigenvalue weighted by Gasteiger charge is -2.25. The number of nitrogens with zero attached hydrogens (tertiary/aromatic N) is 1. The first-order valence-corrected chi connectivity index (χ1v) is 10.0. The number of amides is 1. The van der Waals surface area contributed by atoms with Crippen LogP contribution in [0, 0.1) is 18.8 Å². The number of benzene rings is 2. The molecule has 1 amide bonds. The van der Waals surface area contributed by atoms with Crippen molar-refractivity contribution in [2.45, 2.75) is 38.6 Å². The number of rotatable bonds is 7. The quantitative estimate of drug-likeness (QED) is 0.773. The fourth-order valence-electron chi connectivity index (χ4n) is 4.40. The van der Waals surface area contributed by atoms with Crippen LogP contribution < -0.4 is 5.32 Å². The zero-order valence-electron chi connectivity index (χ0n) is 17.6. The zero-order valence-corrected chi connectivity index (χ0v) is 17.6. The number of aromatic hydroxyl groups is 1. The normalized spacial score (nSPS) is 24.8. The number of hydrogen-bond acceptors (Lipinski definition) is 3. The summed E-state index contributed by atoms with van der Waals surface area (Å²) >= 11 is 0. The van der Waals surface area contributed by atoms with Crippen molar-refractivity contribution in [2.75, 3.05) is 20.6 Å². The van der Waals surface area contributed by atoms with Crippen LogP contribution in [0.15, 0.2) is 48.5 Å². The van der Waals surface area contributed by atoms with E-state index in [4.69, 9.17) is 0 Å². The van der Waals surface area contributed by atoms with Crippen LogP contribution in [0.5, 0.6) is 5.75 Å². The Morgan fingerprint density at radius 2 is 1.89 bits per heavy atom. The molecule has 1 aliphatic rings. The number of likely N-dealkylation sites (N-methyl/N-ethyl adjacent to an activating group) is 1. The van der Waals surface area contributed by atoms with E-state index < -0.39 is 0 Å². The average Bonchev–Trinajstić information content (AvgIpc) is 3.22. The fourth-order valence-corrected chi connectivity index (χ4v) is 4.40. The molecule has 3 rings (SSSR count). The van der Waals surface area contributed by atoms with E-state index >= 15 is 0 Å². The number of nitrogens with one attached hydrogen (secondary N) is 1. The first kappa shape index (κ1) is 20.4. The minimum absolute atomic E-state index is 0.0214. The number of phenols is 1. The van der Waals surface area contributed by atoms with Crippen LogP contribution in [0.1, 0.15) is 30.5 Å². The van der Waals surface area contributed by atoms with Crippen molar-refractivity contribution in [1.29, 1.82) is 0 Å². The van der Waals surface area contributed by atoms with Crippen molar-refractivity contribution in [1.82, 2.24) is 10.2 Å². The van der Waals surface area contributed by atoms with Gasteiger partial charge < -0.3 is 15.3 Å². The molecule has 1 aliphatic carbocycles. The van der Waals surface area contributed by atoms with Crippen LogP contribution in [0.4, 0.5) is 0 Å². The summed E-state index contributed by atoms with van der Waals surface area (Å²) in [6.45, 7) is 6.98. The van der Waals surface area contributed by atoms with Gasteiger partial charge in [0.25, 0.3) is 0 Å². The summed E-state index contributed by atoms with van der Waals surface area (Å²) in [7, 11) is 4.08. The van der Waals surface area contributed by atoms with Gasteiger partial charge in [-0.25, -0.2) is 0 Å². The topological polar surface area (TPSA) is 52.6 Å². The molecular formula is C24H32N2O2. The van der Waals surface area contributed by atoms with Crippen molar-refractivity contribution in [2.24, 2.45) is 11.8 Å². The summed E-state index contributed by atoms with van der Waals surface area (Å²) in [4.78, 5) is 15.1. The lowest BCUT2D eigenvalue weighted by Crippen LogP contribution is -2.42. The molecule has 28 heavy (non-hydrogen) atoms. The molecule has 2 aromatic carbocycles. The molecule has 0 bridgehead atoms. The van der Waals surface area contributed by atoms with E-state index in [2.05, 4.69) is 36.2 Å². The molecule has 4 atom stereocenters. The first-order valence-electron chi connectivity index (χ1n) is 10.0. The van der Waals surface area contributed by atoms with Gasteiger partial charge in [0.15, 0.2) is 0 Å². The van der Waals surface area contributed by atoms with Crippen LogP contribution in [0.25, 0.3) is 0 Å². The van der Waals surface area contributed by atoms with Crippen molar-refractivity contribution < 1.29 is 9.90 Å². The van der Waals surface area contributed by atoms with Crippen molar-refractivity contribution in [3.63, 3.8) is 0 Å². The Morgan fingerprint density at radius 1 is 1.21 bits per heavy atom. The van der Waals surface area contributed by atoms with Gasteiger partial charge in [0.2, 0.25) is 5.91 Å². The van der Waals surface area contributed by atoms with Crippen molar-refractivity contribution >= 4 is 5.91 Å². The largest absolute Gasteiger partial charge is 0.508 e. The van der Waals surface area contributed by atoms with E-state index in [1.165, 1.54) is 11.1 Å². The Bertz CT molecular complexity index is 834. The van der Waals surface area contributed by atoms with Gasteiger partial charge in [-0.15, -0.1) is 0 Å². The van der Waals surface area contributed by atoms with Gasteiger partial charge in [-0.1, -0.05) is 50.2 Å². The SMILES string of the molecule is Cc1cc(O)ccc1C[C@@H](CNC(=O)[C@@H]1[C@H](C)[C@@]1(C)c1ccccc1)N(C)C. The molecule has 150 valence electrons. The van der Waals surface area contributed by atoms with Gasteiger partial charge in [-0.05, 0) is 62.2 Å². The molecule has 0 saturated heterocycles. The highest BCUT2D eigenvalue weighted by molar-refractivity contribution is 5.85. The number of carbonyl (C=O) groups is 1. The molecule has 0 unspecified atom stereocenters. The molecular weight excluding hydrogens is 348 g/mol. The number of aryl methyl sites for hydroxylation is 1. The molecule has 0 radical (unpaired) electrons. The van der Waals surface area contributed by atoms with Gasteiger partial charge in [0, 0.05) is 18.0 Å². The second-order valence-corrected chi connectivity index (χ2v) is 8.59. The average molecular weight is 381 g/mol. The predicted octanol–water partition coefficient (Wildman–Crippen LogP) is 3.51. The Labute approximate surface area is 168 Å². The highest BCUT2D eigenvalue weighted by atomic mass is 16.3. The van der Waals surface area contributed by atoms with E-state index in [9.17, 15) is 9.90 Å². The van der Waals surface area contributed by atoms with E-state index in [1.54, 1.807) is 12.1 Å². The van der Waals surface area contributed by atoms with Gasteiger partial charge in [0.1, 0.15) is 5.75 Å². The maximum atomic E-state index is 12.9. The number of hydrogen-bond donors (Lipinski definition) is 2. The summed E-state index contributed by atoms with van der Waals surface area (Å²) in [5, 5.41) is 12.8. The summed E-state index contributed by atoms with van der Waals surface area (Å²) < 4.78 is 0. The zero-order chi connectivity index (χ0) is 20.5. The smallest absolute Gasteiger partial charge is 0.224 e. The standard InChI is InChI=1S/C24H32N2O2/c1-16-13-21(27)12-11-18(16)14-20(26(4)5)15-25-23(28)22-17(2)24(22,3)19-9-7-6-8-10-19/h6-13,17,20,22,27H,14-15H2,1-5H3,(H,25,28)/t17-,20-,22-,24-/m0/s1. The van der Waals surface area contributed by atoms with Gasteiger partial charge >= 0.3 is 0 Å². The van der Waals surface area contributed by atoms with E-state index in [1.807, 2.05) is 45.3 Å². The third-order valence-corrected chi connectivity index (χ3v) is 6.69. The lowest BCUT2D eigenvalue weighted by atomic mass is 9.94. The molecule has 2 N–H and O–H groups in total. The molecule has 1 saturated carbocycles. The minimum atomic E-state index is -0.0769. The van der Waals surface area contributed by atoms with Gasteiger partial charge in [-0.2, -0.15) is 0 Å². The van der Waals surface area contributed by atoms with Crippen LogP contribution in [0.3, 0.4) is 0 Å². The van der Waals surface area contributed by atoms with Crippen LogP contribution in [-0.2, 0) is 16.6 Å². The Morgan fingerprint density at radius 3 is 2.50 bits per heavy atom. The highest BCUT2D eigenvalue weighted by Gasteiger charge is 2.62. The number of phenolic OH excluding ortho intramolecular Hbond substituents is 1. The second-order valence-electron chi connectivity index (χ2n) is 8.59. The maximum Gasteiger partial charge on any atom is 0.224 e. The number of carbonyl (C=O) groups excluding carboxylic acids is 1. The minimum Gasteiger partial charge on any atom is -0.508 e. The monoisotopic (exact) mass is 380 g/mol. The maximum absolute atomic E-state index is 12.9. The first-order chi connectivity index (χ1) is 13.2. The van der Waals surface area contributed by atoms with E-state index in [-0.39, 0.29) is 23.3 Å². The molecule has 0 spiro atoms. The third-order valence-electron chi connectivity index (χ3n) is 6.69. The Kier molecular flexibility index (Phi) is 5.80. The van der Waals surface area contributed by atoms with Crippen LogP contribution in [0.2, 0.25) is 0 Å². The van der Waals surface area contributed by atoms with Crippen LogP contribution >= 0.6 is 0 Å². The highest BCUT2D eigenvalue weighted by Crippen LogP contribution is 2.59. The molecule has 2 aromatic rings. The molecule has 0 heterocycles. The molecule has 4 nitrogen and oxygen atoms in total. The molecule has 0 aliphatic heterocycles. The molecule has 1 fully saturated rings. The molecule has 4 heteroatoms. The Hall–Kier alpha value is -2.33. The van der Waals surface area contributed by atoms with E-state index in [0.29, 0.717) is 18.2 Å². The second kappa shape index (κ2) is 7.96. The summed E-state index contributed by atoms with van der Waals surface area (Å²) in [5.41, 5.74) is 3.43.